The summed E-state index contributed by atoms with van der Waals surface area (Å²) in [4.78, 5) is 21.2. The zero-order valence-corrected chi connectivity index (χ0v) is 20.8. The molecule has 2 heterocycles. The van der Waals surface area contributed by atoms with E-state index in [0.717, 1.165) is 36.4 Å². The van der Waals surface area contributed by atoms with Crippen LogP contribution in [0.15, 0.2) is 29.3 Å². The Balaban J connectivity index is 0.00000272. The lowest BCUT2D eigenvalue weighted by molar-refractivity contribution is -0.121. The molecule has 0 spiro atoms. The second-order valence-corrected chi connectivity index (χ2v) is 8.55. The molecule has 1 aliphatic carbocycles. The van der Waals surface area contributed by atoms with Crippen molar-refractivity contribution >= 4 is 41.5 Å². The summed E-state index contributed by atoms with van der Waals surface area (Å²) in [6.07, 6.45) is 8.78. The molecule has 0 unspecified atom stereocenters. The number of piperidine rings is 1. The molecule has 1 saturated heterocycles. The molecule has 0 atom stereocenters. The lowest BCUT2D eigenvalue weighted by Crippen LogP contribution is -2.50. The molecule has 3 aliphatic rings. The Morgan fingerprint density at radius 1 is 1.16 bits per heavy atom. The highest BCUT2D eigenvalue weighted by Gasteiger charge is 2.27. The van der Waals surface area contributed by atoms with Crippen LogP contribution in [0.1, 0.15) is 44.9 Å². The number of para-hydroxylation sites is 2. The van der Waals surface area contributed by atoms with Gasteiger partial charge >= 0.3 is 0 Å². The molecule has 2 fully saturated rings. The Morgan fingerprint density at radius 2 is 1.90 bits per heavy atom. The number of halogens is 1. The first-order valence-electron chi connectivity index (χ1n) is 11.5. The van der Waals surface area contributed by atoms with Gasteiger partial charge in [0.1, 0.15) is 5.75 Å². The average Bonchev–Trinajstić information content (AvgIpc) is 3.32. The van der Waals surface area contributed by atoms with Crippen LogP contribution in [-0.4, -0.2) is 68.7 Å². The van der Waals surface area contributed by atoms with Crippen LogP contribution in [0.5, 0.6) is 5.75 Å². The van der Waals surface area contributed by atoms with E-state index < -0.39 is 0 Å². The molecule has 0 radical (unpaired) electrons. The molecule has 172 valence electrons. The number of likely N-dealkylation sites (tertiary alicyclic amines) is 1. The van der Waals surface area contributed by atoms with Crippen LogP contribution in [0, 0.1) is 0 Å². The van der Waals surface area contributed by atoms with E-state index in [-0.39, 0.29) is 36.5 Å². The van der Waals surface area contributed by atoms with Crippen LogP contribution in [0.2, 0.25) is 0 Å². The quantitative estimate of drug-likeness (QED) is 0.251. The van der Waals surface area contributed by atoms with Crippen LogP contribution in [0.3, 0.4) is 0 Å². The number of fused-ring (bicyclic) bond motifs is 1. The topological polar surface area (TPSA) is 69.2 Å². The van der Waals surface area contributed by atoms with Gasteiger partial charge in [0.25, 0.3) is 5.91 Å². The SMILES string of the molecule is CN=C(NCCCN1C(=O)COc2ccccc21)NC1CCN(C2CCCC2)CC1.I. The largest absolute Gasteiger partial charge is 0.482 e. The minimum absolute atomic E-state index is 0. The molecular weight excluding hydrogens is 505 g/mol. The van der Waals surface area contributed by atoms with E-state index in [1.54, 1.807) is 0 Å². The summed E-state index contributed by atoms with van der Waals surface area (Å²) in [6, 6.07) is 9.05. The number of hydrogen-bond acceptors (Lipinski definition) is 4. The highest BCUT2D eigenvalue weighted by Crippen LogP contribution is 2.31. The monoisotopic (exact) mass is 541 g/mol. The zero-order chi connectivity index (χ0) is 20.8. The van der Waals surface area contributed by atoms with E-state index in [1.807, 2.05) is 36.2 Å². The third-order valence-electron chi connectivity index (χ3n) is 6.59. The van der Waals surface area contributed by atoms with Gasteiger partial charge in [0.05, 0.1) is 5.69 Å². The maximum absolute atomic E-state index is 12.3. The Kier molecular flexibility index (Phi) is 9.25. The molecule has 1 aromatic rings. The van der Waals surface area contributed by atoms with Gasteiger partial charge in [0, 0.05) is 45.3 Å². The molecule has 0 aromatic heterocycles. The number of nitrogens with zero attached hydrogens (tertiary/aromatic N) is 3. The van der Waals surface area contributed by atoms with E-state index in [0.29, 0.717) is 12.6 Å². The lowest BCUT2D eigenvalue weighted by atomic mass is 10.0. The van der Waals surface area contributed by atoms with Crippen molar-refractivity contribution in [3.8, 4) is 5.75 Å². The highest BCUT2D eigenvalue weighted by atomic mass is 127. The standard InChI is InChI=1S/C23H35N5O2.HI/c1-24-23(26-18-11-15-27(16-12-18)19-7-2-3-8-19)25-13-6-14-28-20-9-4-5-10-21(20)30-17-22(28)29;/h4-5,9-10,18-19H,2-3,6-8,11-17H2,1H3,(H2,24,25,26);1H. The number of carbonyl (C=O) groups excluding carboxylic acids is 1. The van der Waals surface area contributed by atoms with Crippen LogP contribution >= 0.6 is 24.0 Å². The lowest BCUT2D eigenvalue weighted by Gasteiger charge is -2.36. The van der Waals surface area contributed by atoms with Gasteiger partial charge in [0.2, 0.25) is 0 Å². The number of nitrogens with one attached hydrogen (secondary N) is 2. The molecular formula is C23H36IN5O2. The van der Waals surface area contributed by atoms with Gasteiger partial charge in [-0.3, -0.25) is 9.79 Å². The summed E-state index contributed by atoms with van der Waals surface area (Å²) in [5.74, 6) is 1.67. The smallest absolute Gasteiger partial charge is 0.265 e. The minimum Gasteiger partial charge on any atom is -0.482 e. The maximum Gasteiger partial charge on any atom is 0.265 e. The number of benzene rings is 1. The van der Waals surface area contributed by atoms with Crippen molar-refractivity contribution in [1.82, 2.24) is 15.5 Å². The molecule has 4 rings (SSSR count). The number of aliphatic imine (C=N–C) groups is 1. The van der Waals surface area contributed by atoms with Crippen molar-refractivity contribution in [2.45, 2.75) is 57.0 Å². The number of guanidine groups is 1. The molecule has 0 bridgehead atoms. The van der Waals surface area contributed by atoms with E-state index in [2.05, 4.69) is 20.5 Å². The van der Waals surface area contributed by atoms with Gasteiger partial charge in [-0.15, -0.1) is 24.0 Å². The van der Waals surface area contributed by atoms with Gasteiger partial charge < -0.3 is 25.2 Å². The highest BCUT2D eigenvalue weighted by molar-refractivity contribution is 14.0. The second-order valence-electron chi connectivity index (χ2n) is 8.55. The summed E-state index contributed by atoms with van der Waals surface area (Å²) in [7, 11) is 1.82. The number of ether oxygens (including phenoxy) is 1. The predicted molar refractivity (Wildman–Crippen MR) is 136 cm³/mol. The van der Waals surface area contributed by atoms with Crippen molar-refractivity contribution in [3.05, 3.63) is 24.3 Å². The van der Waals surface area contributed by atoms with Crippen LogP contribution in [0.4, 0.5) is 5.69 Å². The van der Waals surface area contributed by atoms with Crippen molar-refractivity contribution in [1.29, 1.82) is 0 Å². The molecule has 7 nitrogen and oxygen atoms in total. The van der Waals surface area contributed by atoms with Gasteiger partial charge in [-0.25, -0.2) is 0 Å². The Hall–Kier alpha value is -1.55. The fraction of sp³-hybridized carbons (Fsp3) is 0.652. The fourth-order valence-corrected chi connectivity index (χ4v) is 4.91. The van der Waals surface area contributed by atoms with Gasteiger partial charge in [0.15, 0.2) is 12.6 Å². The van der Waals surface area contributed by atoms with Crippen LogP contribution in [-0.2, 0) is 4.79 Å². The summed E-state index contributed by atoms with van der Waals surface area (Å²) in [6.45, 7) is 3.94. The minimum atomic E-state index is 0. The van der Waals surface area contributed by atoms with Crippen molar-refractivity contribution in [2.75, 3.05) is 44.7 Å². The number of amides is 1. The van der Waals surface area contributed by atoms with Gasteiger partial charge in [-0.1, -0.05) is 25.0 Å². The van der Waals surface area contributed by atoms with E-state index in [9.17, 15) is 4.79 Å². The Bertz CT molecular complexity index is 745. The third-order valence-corrected chi connectivity index (χ3v) is 6.59. The normalized spacial score (nSPS) is 20.7. The number of anilines is 1. The molecule has 8 heteroatoms. The second kappa shape index (κ2) is 11.9. The number of rotatable bonds is 6. The third kappa shape index (κ3) is 6.25. The summed E-state index contributed by atoms with van der Waals surface area (Å²) in [5.41, 5.74) is 0.866. The molecule has 2 aliphatic heterocycles. The first kappa shape index (κ1) is 24.1. The maximum atomic E-state index is 12.3. The van der Waals surface area contributed by atoms with E-state index in [1.165, 1.54) is 51.6 Å². The van der Waals surface area contributed by atoms with Gasteiger partial charge in [-0.2, -0.15) is 0 Å². The molecule has 1 amide bonds. The first-order chi connectivity index (χ1) is 14.7. The van der Waals surface area contributed by atoms with Crippen LogP contribution < -0.4 is 20.3 Å². The number of carbonyl (C=O) groups is 1. The van der Waals surface area contributed by atoms with Crippen molar-refractivity contribution in [2.24, 2.45) is 4.99 Å². The Labute approximate surface area is 203 Å². The Morgan fingerprint density at radius 3 is 2.65 bits per heavy atom. The van der Waals surface area contributed by atoms with E-state index >= 15 is 0 Å². The van der Waals surface area contributed by atoms with Gasteiger partial charge in [-0.05, 0) is 44.2 Å². The summed E-state index contributed by atoms with van der Waals surface area (Å²) in [5, 5.41) is 7.01. The first-order valence-corrected chi connectivity index (χ1v) is 11.5. The molecule has 1 saturated carbocycles. The summed E-state index contributed by atoms with van der Waals surface area (Å²) < 4.78 is 5.51. The predicted octanol–water partition coefficient (Wildman–Crippen LogP) is 2.99. The molecule has 1 aromatic carbocycles. The van der Waals surface area contributed by atoms with E-state index in [4.69, 9.17) is 4.74 Å². The number of hydrogen-bond donors (Lipinski definition) is 2. The summed E-state index contributed by atoms with van der Waals surface area (Å²) >= 11 is 0. The van der Waals surface area contributed by atoms with Crippen LogP contribution in [0.25, 0.3) is 0 Å². The molecule has 31 heavy (non-hydrogen) atoms. The van der Waals surface area contributed by atoms with Crippen molar-refractivity contribution in [3.63, 3.8) is 0 Å². The molecule has 2 N–H and O–H groups in total. The van der Waals surface area contributed by atoms with Crippen molar-refractivity contribution < 1.29 is 9.53 Å². The fourth-order valence-electron chi connectivity index (χ4n) is 4.91. The average molecular weight is 541 g/mol. The zero-order valence-electron chi connectivity index (χ0n) is 18.5.